The van der Waals surface area contributed by atoms with Crippen LogP contribution in [-0.2, 0) is 0 Å². The van der Waals surface area contributed by atoms with Crippen molar-refractivity contribution >= 4 is 98.3 Å². The molecule has 0 saturated heterocycles. The van der Waals surface area contributed by atoms with E-state index in [4.69, 9.17) is 4.42 Å². The van der Waals surface area contributed by atoms with Crippen LogP contribution in [0.5, 0.6) is 0 Å². The van der Waals surface area contributed by atoms with E-state index < -0.39 is 0 Å². The van der Waals surface area contributed by atoms with Gasteiger partial charge in [0.2, 0.25) is 0 Å². The zero-order chi connectivity index (χ0) is 37.0. The highest BCUT2D eigenvalue weighted by atomic mass is 32.1. The average Bonchev–Trinajstić information content (AvgIpc) is 3.84. The summed E-state index contributed by atoms with van der Waals surface area (Å²) in [6.07, 6.45) is 0. The van der Waals surface area contributed by atoms with E-state index in [1.807, 2.05) is 23.5 Å². The Hall–Kier alpha value is -7.14. The van der Waals surface area contributed by atoms with Crippen LogP contribution < -0.4 is 9.80 Å². The van der Waals surface area contributed by atoms with Crippen LogP contribution in [0.1, 0.15) is 0 Å². The molecule has 0 aliphatic rings. The molecule has 264 valence electrons. The molecular formula is C52H34N2OS. The minimum absolute atomic E-state index is 0.854. The average molecular weight is 735 g/mol. The number of anilines is 6. The summed E-state index contributed by atoms with van der Waals surface area (Å²) in [4.78, 5) is 4.85. The van der Waals surface area contributed by atoms with Crippen LogP contribution in [0.3, 0.4) is 0 Å². The molecule has 0 saturated carbocycles. The van der Waals surface area contributed by atoms with Crippen LogP contribution in [0.15, 0.2) is 211 Å². The number of hydrogen-bond donors (Lipinski definition) is 0. The van der Waals surface area contributed by atoms with Crippen molar-refractivity contribution in [1.29, 1.82) is 0 Å². The fourth-order valence-electron chi connectivity index (χ4n) is 8.24. The van der Waals surface area contributed by atoms with E-state index in [-0.39, 0.29) is 0 Å². The third-order valence-corrected chi connectivity index (χ3v) is 12.1. The molecule has 4 heteroatoms. The molecule has 0 fully saturated rings. The van der Waals surface area contributed by atoms with Crippen molar-refractivity contribution in [2.24, 2.45) is 0 Å². The van der Waals surface area contributed by atoms with Gasteiger partial charge in [-0.15, -0.1) is 11.3 Å². The normalized spacial score (nSPS) is 11.6. The molecule has 2 heterocycles. The Labute approximate surface area is 328 Å². The lowest BCUT2D eigenvalue weighted by Crippen LogP contribution is -2.17. The van der Waals surface area contributed by atoms with Crippen molar-refractivity contribution in [3.63, 3.8) is 0 Å². The topological polar surface area (TPSA) is 19.6 Å². The van der Waals surface area contributed by atoms with E-state index in [0.717, 1.165) is 61.6 Å². The van der Waals surface area contributed by atoms with Gasteiger partial charge in [-0.05, 0) is 82.6 Å². The molecule has 56 heavy (non-hydrogen) atoms. The second kappa shape index (κ2) is 13.3. The van der Waals surface area contributed by atoms with Crippen molar-refractivity contribution in [1.82, 2.24) is 0 Å². The van der Waals surface area contributed by atoms with E-state index in [1.54, 1.807) is 0 Å². The van der Waals surface area contributed by atoms with Gasteiger partial charge in [0.25, 0.3) is 0 Å². The monoisotopic (exact) mass is 734 g/mol. The Morgan fingerprint density at radius 3 is 1.70 bits per heavy atom. The van der Waals surface area contributed by atoms with Gasteiger partial charge in [0, 0.05) is 49.4 Å². The predicted molar refractivity (Wildman–Crippen MR) is 239 cm³/mol. The summed E-state index contributed by atoms with van der Waals surface area (Å²) < 4.78 is 9.07. The second-order valence-corrected chi connectivity index (χ2v) is 15.1. The summed E-state index contributed by atoms with van der Waals surface area (Å²) >= 11 is 1.87. The standard InChI is InChI=1S/C52H34N2OS/c1-4-15-35(16-5-1)37-18-14-23-40(33-37)54(41-28-30-44-43-25-12-13-26-48(43)55-49(44)34-41)50-47(53(38-19-6-2-7-20-38)39-21-8-3-9-22-39)32-31-46-45-29-27-36-17-10-11-24-42(36)51(45)56-52(46)50/h1-34H. The Bertz CT molecular complexity index is 3170. The molecule has 0 spiro atoms. The number of nitrogens with zero attached hydrogens (tertiary/aromatic N) is 2. The third-order valence-electron chi connectivity index (χ3n) is 10.8. The zero-order valence-corrected chi connectivity index (χ0v) is 31.2. The molecule has 11 aromatic rings. The zero-order valence-electron chi connectivity index (χ0n) is 30.3. The van der Waals surface area contributed by atoms with E-state index in [1.165, 1.54) is 36.5 Å². The lowest BCUT2D eigenvalue weighted by molar-refractivity contribution is 0.669. The molecule has 0 bridgehead atoms. The first-order valence-electron chi connectivity index (χ1n) is 18.9. The lowest BCUT2D eigenvalue weighted by atomic mass is 10.0. The van der Waals surface area contributed by atoms with Gasteiger partial charge < -0.3 is 14.2 Å². The number of hydrogen-bond acceptors (Lipinski definition) is 4. The molecule has 11 rings (SSSR count). The number of fused-ring (bicyclic) bond motifs is 8. The SMILES string of the molecule is c1ccc(-c2cccc(N(c3ccc4c(c3)oc3ccccc34)c3c(N(c4ccccc4)c4ccccc4)ccc4c3sc3c5ccccc5ccc43)c2)cc1. The van der Waals surface area contributed by atoms with Gasteiger partial charge in [0.15, 0.2) is 0 Å². The summed E-state index contributed by atoms with van der Waals surface area (Å²) in [7, 11) is 0. The molecule has 2 aromatic heterocycles. The molecule has 0 radical (unpaired) electrons. The second-order valence-electron chi connectivity index (χ2n) is 14.1. The highest BCUT2D eigenvalue weighted by molar-refractivity contribution is 7.27. The van der Waals surface area contributed by atoms with Gasteiger partial charge >= 0.3 is 0 Å². The van der Waals surface area contributed by atoms with Crippen LogP contribution in [-0.4, -0.2) is 0 Å². The quantitative estimate of drug-likeness (QED) is 0.163. The molecule has 9 aromatic carbocycles. The van der Waals surface area contributed by atoms with Gasteiger partial charge in [-0.1, -0.05) is 140 Å². The summed E-state index contributed by atoms with van der Waals surface area (Å²) in [5.41, 5.74) is 10.5. The van der Waals surface area contributed by atoms with E-state index >= 15 is 0 Å². The fraction of sp³-hybridized carbons (Fsp3) is 0. The maximum atomic E-state index is 6.57. The van der Waals surface area contributed by atoms with E-state index in [2.05, 4.69) is 204 Å². The van der Waals surface area contributed by atoms with Crippen LogP contribution in [0.2, 0.25) is 0 Å². The number of thiophene rings is 1. The number of para-hydroxylation sites is 3. The minimum atomic E-state index is 0.854. The first-order chi connectivity index (χ1) is 27.8. The number of furan rings is 1. The van der Waals surface area contributed by atoms with E-state index in [0.29, 0.717) is 0 Å². The van der Waals surface area contributed by atoms with Crippen molar-refractivity contribution in [3.8, 4) is 11.1 Å². The maximum absolute atomic E-state index is 6.57. The van der Waals surface area contributed by atoms with Crippen molar-refractivity contribution in [3.05, 3.63) is 206 Å². The summed E-state index contributed by atoms with van der Waals surface area (Å²) in [6, 6.07) is 73.9. The molecule has 0 amide bonds. The van der Waals surface area contributed by atoms with Crippen LogP contribution in [0.25, 0.3) is 64.0 Å². The Kier molecular flexibility index (Phi) is 7.68. The molecule has 0 aliphatic heterocycles. The highest BCUT2D eigenvalue weighted by Crippen LogP contribution is 2.53. The van der Waals surface area contributed by atoms with Crippen LogP contribution in [0.4, 0.5) is 34.1 Å². The van der Waals surface area contributed by atoms with Crippen molar-refractivity contribution in [2.45, 2.75) is 0 Å². The minimum Gasteiger partial charge on any atom is -0.456 e. The molecule has 3 nitrogen and oxygen atoms in total. The lowest BCUT2D eigenvalue weighted by Gasteiger charge is -2.33. The fourth-order valence-corrected chi connectivity index (χ4v) is 9.61. The van der Waals surface area contributed by atoms with Gasteiger partial charge in [0.05, 0.1) is 21.8 Å². The maximum Gasteiger partial charge on any atom is 0.137 e. The smallest absolute Gasteiger partial charge is 0.137 e. The predicted octanol–water partition coefficient (Wildman–Crippen LogP) is 15.7. The molecular weight excluding hydrogens is 701 g/mol. The van der Waals surface area contributed by atoms with Gasteiger partial charge in [-0.3, -0.25) is 0 Å². The van der Waals surface area contributed by atoms with Crippen molar-refractivity contribution < 1.29 is 4.42 Å². The number of benzene rings is 9. The number of rotatable bonds is 7. The first kappa shape index (κ1) is 32.3. The third kappa shape index (κ3) is 5.34. The Morgan fingerprint density at radius 1 is 0.339 bits per heavy atom. The van der Waals surface area contributed by atoms with Crippen LogP contribution >= 0.6 is 11.3 Å². The molecule has 0 atom stereocenters. The Balaban J connectivity index is 1.28. The van der Waals surface area contributed by atoms with E-state index in [9.17, 15) is 0 Å². The highest BCUT2D eigenvalue weighted by Gasteiger charge is 2.27. The van der Waals surface area contributed by atoms with Gasteiger partial charge in [0.1, 0.15) is 11.2 Å². The Morgan fingerprint density at radius 2 is 0.911 bits per heavy atom. The molecule has 0 N–H and O–H groups in total. The molecule has 0 aliphatic carbocycles. The first-order valence-corrected chi connectivity index (χ1v) is 19.7. The van der Waals surface area contributed by atoms with Gasteiger partial charge in [-0.2, -0.15) is 0 Å². The molecule has 0 unspecified atom stereocenters. The summed E-state index contributed by atoms with van der Waals surface area (Å²) in [5, 5.41) is 7.21. The van der Waals surface area contributed by atoms with Gasteiger partial charge in [-0.25, -0.2) is 0 Å². The summed E-state index contributed by atoms with van der Waals surface area (Å²) in [5.74, 6) is 0. The summed E-state index contributed by atoms with van der Waals surface area (Å²) in [6.45, 7) is 0. The van der Waals surface area contributed by atoms with Crippen LogP contribution in [0, 0.1) is 0 Å². The van der Waals surface area contributed by atoms with Crippen molar-refractivity contribution in [2.75, 3.05) is 9.80 Å². The largest absolute Gasteiger partial charge is 0.456 e.